The molecule has 0 saturated heterocycles. The Morgan fingerprint density at radius 1 is 1.38 bits per heavy atom. The van der Waals surface area contributed by atoms with E-state index in [9.17, 15) is 4.79 Å². The summed E-state index contributed by atoms with van der Waals surface area (Å²) in [5.74, 6) is 1.27. The summed E-state index contributed by atoms with van der Waals surface area (Å²) in [6.07, 6.45) is 3.53. The van der Waals surface area contributed by atoms with Gasteiger partial charge in [-0.05, 0) is 61.3 Å². The van der Waals surface area contributed by atoms with Crippen LogP contribution >= 0.6 is 28.3 Å². The molecule has 3 rings (SSSR count). The molecule has 0 radical (unpaired) electrons. The predicted octanol–water partition coefficient (Wildman–Crippen LogP) is 3.17. The van der Waals surface area contributed by atoms with Crippen LogP contribution < -0.4 is 11.1 Å². The lowest BCUT2D eigenvalue weighted by atomic mass is 9.84. The first-order chi connectivity index (χ1) is 9.56. The fourth-order valence-electron chi connectivity index (χ4n) is 3.88. The molecule has 2 aliphatic carbocycles. The molecule has 116 valence electrons. The van der Waals surface area contributed by atoms with Crippen molar-refractivity contribution < 1.29 is 4.79 Å². The van der Waals surface area contributed by atoms with E-state index in [1.54, 1.807) is 0 Å². The zero-order valence-electron chi connectivity index (χ0n) is 12.1. The van der Waals surface area contributed by atoms with Crippen LogP contribution in [-0.4, -0.2) is 11.9 Å². The number of hydrogen-bond donors (Lipinski definition) is 2. The van der Waals surface area contributed by atoms with Crippen LogP contribution in [0.3, 0.4) is 0 Å². The van der Waals surface area contributed by atoms with Crippen molar-refractivity contribution in [2.75, 3.05) is 0 Å². The molecule has 2 saturated carbocycles. The van der Waals surface area contributed by atoms with Crippen LogP contribution in [0.4, 0.5) is 0 Å². The van der Waals surface area contributed by atoms with Gasteiger partial charge in [0.2, 0.25) is 5.91 Å². The van der Waals surface area contributed by atoms with E-state index >= 15 is 0 Å². The smallest absolute Gasteiger partial charge is 0.225 e. The van der Waals surface area contributed by atoms with Crippen LogP contribution in [0.2, 0.25) is 0 Å². The van der Waals surface area contributed by atoms with Gasteiger partial charge in [-0.3, -0.25) is 4.79 Å². The third-order valence-corrected chi connectivity index (χ3v) is 5.53. The third-order valence-electron chi connectivity index (χ3n) is 5.04. The molecule has 5 heteroatoms. The normalized spacial score (nSPS) is 30.0. The second-order valence-corrected chi connectivity index (χ2v) is 7.14. The molecule has 3 nitrogen and oxygen atoms in total. The van der Waals surface area contributed by atoms with E-state index in [0.717, 1.165) is 10.9 Å². The van der Waals surface area contributed by atoms with Crippen LogP contribution in [0.25, 0.3) is 0 Å². The van der Waals surface area contributed by atoms with Crippen LogP contribution in [0.5, 0.6) is 0 Å². The van der Waals surface area contributed by atoms with E-state index in [0.29, 0.717) is 18.4 Å². The first-order valence-corrected chi connectivity index (χ1v) is 8.14. The summed E-state index contributed by atoms with van der Waals surface area (Å²) < 4.78 is 1.07. The first kappa shape index (κ1) is 16.8. The number of rotatable bonds is 3. The van der Waals surface area contributed by atoms with Crippen LogP contribution in [0, 0.1) is 24.7 Å². The number of halogens is 2. The van der Waals surface area contributed by atoms with Crippen molar-refractivity contribution in [1.82, 2.24) is 5.32 Å². The molecule has 2 bridgehead atoms. The topological polar surface area (TPSA) is 55.1 Å². The van der Waals surface area contributed by atoms with Gasteiger partial charge in [-0.15, -0.1) is 12.4 Å². The fraction of sp³-hybridized carbons (Fsp3) is 0.562. The fourth-order valence-corrected chi connectivity index (χ4v) is 4.36. The van der Waals surface area contributed by atoms with E-state index in [1.807, 2.05) is 6.07 Å². The summed E-state index contributed by atoms with van der Waals surface area (Å²) in [7, 11) is 0. The molecule has 2 fully saturated rings. The van der Waals surface area contributed by atoms with E-state index in [2.05, 4.69) is 40.3 Å². The molecule has 0 aliphatic heterocycles. The van der Waals surface area contributed by atoms with E-state index in [1.165, 1.54) is 24.0 Å². The van der Waals surface area contributed by atoms with Crippen LogP contribution in [-0.2, 0) is 11.3 Å². The Labute approximate surface area is 140 Å². The number of carbonyl (C=O) groups is 1. The molecule has 0 heterocycles. The molecule has 1 amide bonds. The van der Waals surface area contributed by atoms with E-state index in [-0.39, 0.29) is 30.3 Å². The van der Waals surface area contributed by atoms with Crippen molar-refractivity contribution in [2.45, 2.75) is 38.8 Å². The summed E-state index contributed by atoms with van der Waals surface area (Å²) >= 11 is 3.46. The van der Waals surface area contributed by atoms with E-state index in [4.69, 9.17) is 5.73 Å². The Hall–Kier alpha value is -0.580. The molecule has 3 N–H and O–H groups in total. The van der Waals surface area contributed by atoms with Crippen molar-refractivity contribution in [3.63, 3.8) is 0 Å². The average Bonchev–Trinajstić information content (AvgIpc) is 2.98. The van der Waals surface area contributed by atoms with Gasteiger partial charge in [0.25, 0.3) is 0 Å². The second kappa shape index (κ2) is 6.67. The van der Waals surface area contributed by atoms with Crippen molar-refractivity contribution in [1.29, 1.82) is 0 Å². The maximum atomic E-state index is 12.4. The number of hydrogen-bond acceptors (Lipinski definition) is 2. The first-order valence-electron chi connectivity index (χ1n) is 7.34. The SMILES string of the molecule is Cc1cc(Br)ccc1CNC(=O)C1C2CCC(C2)C1N.Cl. The molecule has 2 aliphatic rings. The number of nitrogens with one attached hydrogen (secondary N) is 1. The zero-order valence-corrected chi connectivity index (χ0v) is 14.5. The number of benzene rings is 1. The number of amides is 1. The van der Waals surface area contributed by atoms with Gasteiger partial charge in [0, 0.05) is 17.1 Å². The maximum Gasteiger partial charge on any atom is 0.225 e. The Bertz CT molecular complexity index is 535. The standard InChI is InChI=1S/C16H21BrN2O.ClH/c1-9-6-13(17)5-4-12(9)8-19-16(20)14-10-2-3-11(7-10)15(14)18;/h4-6,10-11,14-15H,2-3,7-8,18H2,1H3,(H,19,20);1H. The van der Waals surface area contributed by atoms with Crippen molar-refractivity contribution in [2.24, 2.45) is 23.5 Å². The lowest BCUT2D eigenvalue weighted by Gasteiger charge is -2.27. The Balaban J connectivity index is 0.00000161. The zero-order chi connectivity index (χ0) is 14.3. The Morgan fingerprint density at radius 3 is 2.71 bits per heavy atom. The molecule has 1 aromatic carbocycles. The minimum Gasteiger partial charge on any atom is -0.352 e. The van der Waals surface area contributed by atoms with Gasteiger partial charge >= 0.3 is 0 Å². The average molecular weight is 374 g/mol. The van der Waals surface area contributed by atoms with Crippen molar-refractivity contribution in [3.05, 3.63) is 33.8 Å². The number of aryl methyl sites for hydroxylation is 1. The highest BCUT2D eigenvalue weighted by Crippen LogP contribution is 2.47. The highest BCUT2D eigenvalue weighted by atomic mass is 79.9. The molecule has 21 heavy (non-hydrogen) atoms. The highest BCUT2D eigenvalue weighted by Gasteiger charge is 2.48. The lowest BCUT2D eigenvalue weighted by Crippen LogP contribution is -2.45. The molecule has 0 spiro atoms. The van der Waals surface area contributed by atoms with Gasteiger partial charge < -0.3 is 11.1 Å². The largest absolute Gasteiger partial charge is 0.352 e. The van der Waals surface area contributed by atoms with Gasteiger partial charge in [-0.1, -0.05) is 22.0 Å². The highest BCUT2D eigenvalue weighted by molar-refractivity contribution is 9.10. The molecule has 4 unspecified atom stereocenters. The monoisotopic (exact) mass is 372 g/mol. The van der Waals surface area contributed by atoms with Crippen molar-refractivity contribution in [3.8, 4) is 0 Å². The second-order valence-electron chi connectivity index (χ2n) is 6.22. The number of nitrogens with two attached hydrogens (primary N) is 1. The summed E-state index contributed by atoms with van der Waals surface area (Å²) in [5, 5.41) is 3.08. The van der Waals surface area contributed by atoms with Gasteiger partial charge in [0.15, 0.2) is 0 Å². The lowest BCUT2D eigenvalue weighted by molar-refractivity contribution is -0.127. The minimum atomic E-state index is 0. The summed E-state index contributed by atoms with van der Waals surface area (Å²) in [6, 6.07) is 6.21. The molecule has 4 atom stereocenters. The van der Waals surface area contributed by atoms with Crippen LogP contribution in [0.15, 0.2) is 22.7 Å². The summed E-state index contributed by atoms with van der Waals surface area (Å²) in [6.45, 7) is 2.66. The Kier molecular flexibility index (Phi) is 5.33. The molecule has 0 aromatic heterocycles. The molecular formula is C16H22BrClN2O. The van der Waals surface area contributed by atoms with Gasteiger partial charge in [0.05, 0.1) is 5.92 Å². The van der Waals surface area contributed by atoms with Gasteiger partial charge in [-0.2, -0.15) is 0 Å². The summed E-state index contributed by atoms with van der Waals surface area (Å²) in [4.78, 5) is 12.4. The predicted molar refractivity (Wildman–Crippen MR) is 90.3 cm³/mol. The van der Waals surface area contributed by atoms with Crippen molar-refractivity contribution >= 4 is 34.2 Å². The molecule has 1 aromatic rings. The minimum absolute atomic E-state index is 0. The Morgan fingerprint density at radius 2 is 2.10 bits per heavy atom. The quantitative estimate of drug-likeness (QED) is 0.855. The van der Waals surface area contributed by atoms with E-state index < -0.39 is 0 Å². The number of fused-ring (bicyclic) bond motifs is 2. The third kappa shape index (κ3) is 3.27. The summed E-state index contributed by atoms with van der Waals surface area (Å²) in [5.41, 5.74) is 8.57. The maximum absolute atomic E-state index is 12.4. The molecular weight excluding hydrogens is 352 g/mol. The van der Waals surface area contributed by atoms with Gasteiger partial charge in [-0.25, -0.2) is 0 Å². The van der Waals surface area contributed by atoms with Crippen LogP contribution in [0.1, 0.15) is 30.4 Å². The van der Waals surface area contributed by atoms with Gasteiger partial charge in [0.1, 0.15) is 0 Å². The number of carbonyl (C=O) groups excluding carboxylic acids is 1.